The van der Waals surface area contributed by atoms with Crippen LogP contribution in [0.2, 0.25) is 0 Å². The number of hydrogen-bond acceptors (Lipinski definition) is 6. The lowest BCUT2D eigenvalue weighted by Crippen LogP contribution is -2.01. The smallest absolute Gasteiger partial charge is 0.157 e. The first-order chi connectivity index (χ1) is 8.69. The van der Waals surface area contributed by atoms with Gasteiger partial charge in [0.2, 0.25) is 0 Å². The number of benzene rings is 1. The summed E-state index contributed by atoms with van der Waals surface area (Å²) < 4.78 is 16.3. The Kier molecular flexibility index (Phi) is 7.87. The molecule has 0 N–H and O–H groups in total. The van der Waals surface area contributed by atoms with Crippen LogP contribution in [-0.2, 0) is 0 Å². The van der Waals surface area contributed by atoms with Crippen molar-refractivity contribution in [3.05, 3.63) is 17.2 Å². The SMILES string of the molecule is CCOc1c(C)c(OSI)cc(OSI)c1C=O. The highest BCUT2D eigenvalue weighted by atomic mass is 127. The second-order valence-electron chi connectivity index (χ2n) is 3.08. The number of carbonyl (C=O) groups is 1. The Morgan fingerprint density at radius 1 is 1.28 bits per heavy atom. The largest absolute Gasteiger partial charge is 0.493 e. The van der Waals surface area contributed by atoms with Gasteiger partial charge in [0.1, 0.15) is 35.5 Å². The molecule has 0 aromatic heterocycles. The fourth-order valence-corrected chi connectivity index (χ4v) is 3.01. The van der Waals surface area contributed by atoms with Crippen molar-refractivity contribution < 1.29 is 17.9 Å². The van der Waals surface area contributed by atoms with E-state index in [9.17, 15) is 4.79 Å². The molecule has 1 aromatic rings. The van der Waals surface area contributed by atoms with Crippen molar-refractivity contribution in [3.63, 3.8) is 0 Å². The summed E-state index contributed by atoms with van der Waals surface area (Å²) in [4.78, 5) is 11.2. The molecule has 0 aliphatic carbocycles. The fraction of sp³-hybridized carbons (Fsp3) is 0.300. The molecule has 0 amide bonds. The summed E-state index contributed by atoms with van der Waals surface area (Å²) in [5, 5.41) is 0. The minimum atomic E-state index is 0.407. The summed E-state index contributed by atoms with van der Waals surface area (Å²) >= 11 is 4.02. The Labute approximate surface area is 138 Å². The number of carbonyl (C=O) groups excluding carboxylic acids is 1. The lowest BCUT2D eigenvalue weighted by Gasteiger charge is -2.15. The van der Waals surface area contributed by atoms with Gasteiger partial charge in [0, 0.05) is 54.0 Å². The minimum Gasteiger partial charge on any atom is -0.493 e. The van der Waals surface area contributed by atoms with Crippen LogP contribution in [0.25, 0.3) is 0 Å². The minimum absolute atomic E-state index is 0.407. The molecule has 0 saturated heterocycles. The highest BCUT2D eigenvalue weighted by Gasteiger charge is 2.19. The van der Waals surface area contributed by atoms with E-state index >= 15 is 0 Å². The van der Waals surface area contributed by atoms with Crippen molar-refractivity contribution >= 4 is 67.1 Å². The molecular weight excluding hydrogens is 502 g/mol. The Bertz CT molecular complexity index is 429. The van der Waals surface area contributed by atoms with E-state index in [-0.39, 0.29) is 0 Å². The van der Waals surface area contributed by atoms with E-state index in [1.165, 1.54) is 9.21 Å². The second kappa shape index (κ2) is 8.59. The van der Waals surface area contributed by atoms with Crippen molar-refractivity contribution in [1.82, 2.24) is 0 Å². The van der Waals surface area contributed by atoms with Gasteiger partial charge in [-0.1, -0.05) is 0 Å². The van der Waals surface area contributed by atoms with Gasteiger partial charge < -0.3 is 13.1 Å². The van der Waals surface area contributed by atoms with Gasteiger partial charge in [-0.15, -0.1) is 0 Å². The third kappa shape index (κ3) is 3.97. The van der Waals surface area contributed by atoms with Gasteiger partial charge >= 0.3 is 0 Å². The van der Waals surface area contributed by atoms with E-state index in [2.05, 4.69) is 0 Å². The van der Waals surface area contributed by atoms with Crippen LogP contribution < -0.4 is 13.1 Å². The molecule has 4 nitrogen and oxygen atoms in total. The average Bonchev–Trinajstić information content (AvgIpc) is 2.36. The third-order valence-electron chi connectivity index (χ3n) is 2.13. The molecule has 100 valence electrons. The van der Waals surface area contributed by atoms with Crippen LogP contribution in [0.1, 0.15) is 22.8 Å². The molecule has 1 rings (SSSR count). The summed E-state index contributed by atoms with van der Waals surface area (Å²) in [6, 6.07) is 1.69. The molecule has 8 heteroatoms. The maximum absolute atomic E-state index is 11.2. The van der Waals surface area contributed by atoms with Crippen molar-refractivity contribution in [2.24, 2.45) is 0 Å². The van der Waals surface area contributed by atoms with Gasteiger partial charge in [-0.2, -0.15) is 0 Å². The molecule has 0 aliphatic rings. The molecule has 0 atom stereocenters. The predicted molar refractivity (Wildman–Crippen MR) is 92.2 cm³/mol. The van der Waals surface area contributed by atoms with E-state index < -0.39 is 0 Å². The van der Waals surface area contributed by atoms with Gasteiger partial charge in [-0.05, 0) is 13.8 Å². The molecule has 0 unspecified atom stereocenters. The molecule has 0 spiro atoms. The second-order valence-corrected chi connectivity index (χ2v) is 5.83. The first-order valence-corrected chi connectivity index (χ1v) is 11.4. The molecule has 18 heavy (non-hydrogen) atoms. The normalized spacial score (nSPS) is 10.0. The van der Waals surface area contributed by atoms with E-state index in [0.717, 1.165) is 21.1 Å². The summed E-state index contributed by atoms with van der Waals surface area (Å²) in [5.41, 5.74) is 1.19. The Morgan fingerprint density at radius 3 is 2.39 bits per heavy atom. The number of ether oxygens (including phenoxy) is 1. The van der Waals surface area contributed by atoms with E-state index in [1.807, 2.05) is 56.3 Å². The zero-order valence-electron chi connectivity index (χ0n) is 9.57. The molecule has 0 saturated carbocycles. The fourth-order valence-electron chi connectivity index (χ4n) is 1.40. The van der Waals surface area contributed by atoms with E-state index in [0.29, 0.717) is 29.4 Å². The van der Waals surface area contributed by atoms with E-state index in [4.69, 9.17) is 13.1 Å². The number of rotatable bonds is 7. The Balaban J connectivity index is 3.37. The van der Waals surface area contributed by atoms with Crippen LogP contribution in [-0.4, -0.2) is 12.9 Å². The van der Waals surface area contributed by atoms with Gasteiger partial charge in [-0.25, -0.2) is 0 Å². The summed E-state index contributed by atoms with van der Waals surface area (Å²) in [5.74, 6) is 1.58. The lowest BCUT2D eigenvalue weighted by molar-refractivity contribution is 0.111. The average molecular weight is 512 g/mol. The maximum atomic E-state index is 11.2. The van der Waals surface area contributed by atoms with Crippen LogP contribution in [0.3, 0.4) is 0 Å². The Morgan fingerprint density at radius 2 is 1.89 bits per heavy atom. The van der Waals surface area contributed by atoms with Crippen LogP contribution in [0, 0.1) is 6.92 Å². The first kappa shape index (κ1) is 16.5. The van der Waals surface area contributed by atoms with Gasteiger partial charge in [0.05, 0.1) is 6.61 Å². The standard InChI is InChI=1S/C10H10I2O4S2/c1-3-14-10-6(2)8(15-17-11)4-9(16-18-12)7(10)5-13/h4-5H,3H2,1-2H3. The maximum Gasteiger partial charge on any atom is 0.157 e. The van der Waals surface area contributed by atoms with Gasteiger partial charge in [-0.3, -0.25) is 4.79 Å². The highest BCUT2D eigenvalue weighted by Crippen LogP contribution is 2.41. The van der Waals surface area contributed by atoms with E-state index in [1.54, 1.807) is 6.07 Å². The summed E-state index contributed by atoms with van der Waals surface area (Å²) in [6.45, 7) is 4.18. The van der Waals surface area contributed by atoms with Crippen molar-refractivity contribution in [3.8, 4) is 17.2 Å². The molecular formula is C10H10I2O4S2. The molecule has 0 bridgehead atoms. The van der Waals surface area contributed by atoms with Crippen molar-refractivity contribution in [1.29, 1.82) is 0 Å². The van der Waals surface area contributed by atoms with Crippen LogP contribution >= 0.6 is 60.8 Å². The number of aldehydes is 1. The monoisotopic (exact) mass is 512 g/mol. The van der Waals surface area contributed by atoms with Crippen molar-refractivity contribution in [2.45, 2.75) is 13.8 Å². The van der Waals surface area contributed by atoms with Crippen LogP contribution in [0.4, 0.5) is 0 Å². The summed E-state index contributed by atoms with van der Waals surface area (Å²) in [7, 11) is 2.33. The zero-order valence-corrected chi connectivity index (χ0v) is 15.5. The summed E-state index contributed by atoms with van der Waals surface area (Å²) in [6.07, 6.45) is 0.737. The van der Waals surface area contributed by atoms with Gasteiger partial charge in [0.25, 0.3) is 0 Å². The molecule has 0 heterocycles. The number of hydrogen-bond donors (Lipinski definition) is 0. The third-order valence-corrected chi connectivity index (χ3v) is 3.70. The quantitative estimate of drug-likeness (QED) is 0.293. The first-order valence-electron chi connectivity index (χ1n) is 4.85. The van der Waals surface area contributed by atoms with Gasteiger partial charge in [0.15, 0.2) is 12.0 Å². The molecule has 0 aliphatic heterocycles. The predicted octanol–water partition coefficient (Wildman–Crippen LogP) is 4.96. The number of halogens is 2. The highest BCUT2D eigenvalue weighted by molar-refractivity contribution is 14.2. The van der Waals surface area contributed by atoms with Crippen LogP contribution in [0.15, 0.2) is 6.07 Å². The zero-order chi connectivity index (χ0) is 13.5. The Hall–Kier alpha value is 0.450. The van der Waals surface area contributed by atoms with Crippen molar-refractivity contribution in [2.75, 3.05) is 6.61 Å². The molecule has 0 radical (unpaired) electrons. The topological polar surface area (TPSA) is 44.8 Å². The molecule has 0 fully saturated rings. The van der Waals surface area contributed by atoms with Crippen LogP contribution in [0.5, 0.6) is 17.2 Å². The molecule has 1 aromatic carbocycles. The lowest BCUT2D eigenvalue weighted by atomic mass is 10.1.